The lowest BCUT2D eigenvalue weighted by atomic mass is 10.2. The second-order valence-corrected chi connectivity index (χ2v) is 6.11. The maximum Gasteiger partial charge on any atom is 0.348 e. The summed E-state index contributed by atoms with van der Waals surface area (Å²) in [6.45, 7) is 2.94. The van der Waals surface area contributed by atoms with E-state index < -0.39 is 0 Å². The number of hydrogen-bond donors (Lipinski definition) is 1. The Morgan fingerprint density at radius 2 is 1.96 bits per heavy atom. The molecule has 0 spiro atoms. The predicted octanol–water partition coefficient (Wildman–Crippen LogP) is 3.52. The minimum absolute atomic E-state index is 0.138. The molecule has 23 heavy (non-hydrogen) atoms. The Bertz CT molecular complexity index is 661. The van der Waals surface area contributed by atoms with Crippen molar-refractivity contribution >= 4 is 35.1 Å². The first kappa shape index (κ1) is 17.2. The van der Waals surface area contributed by atoms with Crippen molar-refractivity contribution in [2.24, 2.45) is 0 Å². The molecule has 0 radical (unpaired) electrons. The molecule has 1 aromatic heterocycles. The van der Waals surface area contributed by atoms with Crippen LogP contribution in [0.2, 0.25) is 0 Å². The van der Waals surface area contributed by atoms with Crippen molar-refractivity contribution < 1.29 is 14.6 Å². The molecule has 0 aliphatic heterocycles. The molecular formula is C18H21NO3S. The van der Waals surface area contributed by atoms with E-state index in [9.17, 15) is 4.79 Å². The minimum Gasteiger partial charge on any atom is -0.462 e. The van der Waals surface area contributed by atoms with Gasteiger partial charge in [0, 0.05) is 24.2 Å². The number of carbonyl (C=O) groups is 1. The van der Waals surface area contributed by atoms with E-state index in [1.54, 1.807) is 13.0 Å². The Hall–Kier alpha value is -2.11. The van der Waals surface area contributed by atoms with E-state index in [1.165, 1.54) is 11.3 Å². The first-order valence-corrected chi connectivity index (χ1v) is 8.32. The minimum atomic E-state index is -0.270. The highest BCUT2D eigenvalue weighted by Crippen LogP contribution is 2.21. The van der Waals surface area contributed by atoms with Crippen LogP contribution < -0.4 is 4.90 Å². The zero-order valence-corrected chi connectivity index (χ0v) is 14.2. The first-order chi connectivity index (χ1) is 11.1. The van der Waals surface area contributed by atoms with Gasteiger partial charge >= 0.3 is 5.97 Å². The van der Waals surface area contributed by atoms with E-state index in [1.807, 2.05) is 54.4 Å². The van der Waals surface area contributed by atoms with Gasteiger partial charge in [0.25, 0.3) is 0 Å². The number of ether oxygens (including phenoxy) is 1. The lowest BCUT2D eigenvalue weighted by Gasteiger charge is -2.17. The highest BCUT2D eigenvalue weighted by molar-refractivity contribution is 7.14. The number of benzene rings is 1. The fraction of sp³-hybridized carbons (Fsp3) is 0.278. The molecule has 0 saturated carbocycles. The summed E-state index contributed by atoms with van der Waals surface area (Å²) in [6.07, 6.45) is 4.00. The first-order valence-electron chi connectivity index (χ1n) is 7.51. The fourth-order valence-corrected chi connectivity index (χ4v) is 2.86. The summed E-state index contributed by atoms with van der Waals surface area (Å²) in [5.74, 6) is -0.270. The molecule has 0 bridgehead atoms. The number of anilines is 1. The lowest BCUT2D eigenvalue weighted by Crippen LogP contribution is -2.20. The van der Waals surface area contributed by atoms with Crippen LogP contribution in [0.15, 0.2) is 36.4 Å². The molecule has 0 fully saturated rings. The third-order valence-electron chi connectivity index (χ3n) is 3.31. The molecule has 1 heterocycles. The molecule has 122 valence electrons. The summed E-state index contributed by atoms with van der Waals surface area (Å²) in [7, 11) is 1.95. The smallest absolute Gasteiger partial charge is 0.348 e. The summed E-state index contributed by atoms with van der Waals surface area (Å²) in [4.78, 5) is 15.3. The SMILES string of the molecule is CCOC(=O)c1ccc(/C=C/c2ccc(N(C)CCO)cc2)s1. The number of aliphatic hydroxyl groups excluding tert-OH is 1. The molecule has 4 nitrogen and oxygen atoms in total. The van der Waals surface area contributed by atoms with Crippen LogP contribution >= 0.6 is 11.3 Å². The van der Waals surface area contributed by atoms with E-state index >= 15 is 0 Å². The van der Waals surface area contributed by atoms with Crippen LogP contribution in [0.25, 0.3) is 12.2 Å². The van der Waals surface area contributed by atoms with Gasteiger partial charge in [-0.1, -0.05) is 18.2 Å². The van der Waals surface area contributed by atoms with Crippen LogP contribution in [0, 0.1) is 0 Å². The van der Waals surface area contributed by atoms with Gasteiger partial charge < -0.3 is 14.7 Å². The summed E-state index contributed by atoms with van der Waals surface area (Å²) < 4.78 is 4.98. The number of carbonyl (C=O) groups excluding carboxylic acids is 1. The second-order valence-electron chi connectivity index (χ2n) is 4.99. The molecule has 0 atom stereocenters. The predicted molar refractivity (Wildman–Crippen MR) is 96.0 cm³/mol. The Labute approximate surface area is 140 Å². The van der Waals surface area contributed by atoms with Crippen molar-refractivity contribution in [1.82, 2.24) is 0 Å². The molecule has 5 heteroatoms. The van der Waals surface area contributed by atoms with Crippen LogP contribution in [0.1, 0.15) is 27.0 Å². The molecule has 1 aromatic carbocycles. The number of esters is 1. The van der Waals surface area contributed by atoms with E-state index in [2.05, 4.69) is 0 Å². The number of nitrogens with zero attached hydrogens (tertiary/aromatic N) is 1. The van der Waals surface area contributed by atoms with Gasteiger partial charge in [0.05, 0.1) is 13.2 Å². The molecule has 0 saturated heterocycles. The Morgan fingerprint density at radius 1 is 1.22 bits per heavy atom. The van der Waals surface area contributed by atoms with Gasteiger partial charge in [0.15, 0.2) is 0 Å². The summed E-state index contributed by atoms with van der Waals surface area (Å²) in [5, 5.41) is 8.95. The van der Waals surface area contributed by atoms with Crippen LogP contribution in [0.3, 0.4) is 0 Å². The van der Waals surface area contributed by atoms with Crippen molar-refractivity contribution in [3.8, 4) is 0 Å². The number of likely N-dealkylation sites (N-methyl/N-ethyl adjacent to an activating group) is 1. The quantitative estimate of drug-likeness (QED) is 0.789. The van der Waals surface area contributed by atoms with Gasteiger partial charge in [-0.05, 0) is 42.8 Å². The Balaban J connectivity index is 2.01. The van der Waals surface area contributed by atoms with Gasteiger partial charge in [-0.3, -0.25) is 0 Å². The molecule has 0 amide bonds. The molecule has 0 aliphatic carbocycles. The monoisotopic (exact) mass is 331 g/mol. The van der Waals surface area contributed by atoms with Crippen LogP contribution in [0.4, 0.5) is 5.69 Å². The van der Waals surface area contributed by atoms with Crippen molar-refractivity contribution in [3.63, 3.8) is 0 Å². The average molecular weight is 331 g/mol. The van der Waals surface area contributed by atoms with Crippen LogP contribution in [-0.4, -0.2) is 37.9 Å². The van der Waals surface area contributed by atoms with Crippen LogP contribution in [-0.2, 0) is 4.74 Å². The Morgan fingerprint density at radius 3 is 2.61 bits per heavy atom. The van der Waals surface area contributed by atoms with Gasteiger partial charge in [0.2, 0.25) is 0 Å². The van der Waals surface area contributed by atoms with E-state index in [0.717, 1.165) is 16.1 Å². The molecule has 2 rings (SSSR count). The zero-order valence-electron chi connectivity index (χ0n) is 13.4. The van der Waals surface area contributed by atoms with E-state index in [0.29, 0.717) is 18.0 Å². The van der Waals surface area contributed by atoms with E-state index in [-0.39, 0.29) is 12.6 Å². The number of hydrogen-bond acceptors (Lipinski definition) is 5. The maximum absolute atomic E-state index is 11.6. The number of aliphatic hydroxyl groups is 1. The summed E-state index contributed by atoms with van der Waals surface area (Å²) >= 11 is 1.42. The molecule has 2 aromatic rings. The number of rotatable bonds is 7. The molecule has 0 unspecified atom stereocenters. The third-order valence-corrected chi connectivity index (χ3v) is 4.34. The molecule has 1 N–H and O–H groups in total. The maximum atomic E-state index is 11.6. The van der Waals surface area contributed by atoms with Gasteiger partial charge in [-0.25, -0.2) is 4.79 Å². The topological polar surface area (TPSA) is 49.8 Å². The van der Waals surface area contributed by atoms with Crippen molar-refractivity contribution in [2.75, 3.05) is 31.7 Å². The number of thiophene rings is 1. The Kier molecular flexibility index (Phi) is 6.38. The zero-order chi connectivity index (χ0) is 16.7. The van der Waals surface area contributed by atoms with Gasteiger partial charge in [-0.15, -0.1) is 11.3 Å². The largest absolute Gasteiger partial charge is 0.462 e. The second kappa shape index (κ2) is 8.50. The van der Waals surface area contributed by atoms with E-state index in [4.69, 9.17) is 9.84 Å². The van der Waals surface area contributed by atoms with Crippen molar-refractivity contribution in [1.29, 1.82) is 0 Å². The lowest BCUT2D eigenvalue weighted by molar-refractivity contribution is 0.0532. The highest BCUT2D eigenvalue weighted by atomic mass is 32.1. The fourth-order valence-electron chi connectivity index (χ4n) is 2.05. The van der Waals surface area contributed by atoms with Gasteiger partial charge in [-0.2, -0.15) is 0 Å². The summed E-state index contributed by atoms with van der Waals surface area (Å²) in [5.41, 5.74) is 2.15. The molecule has 0 aliphatic rings. The third kappa shape index (κ3) is 4.94. The van der Waals surface area contributed by atoms with Crippen LogP contribution in [0.5, 0.6) is 0 Å². The van der Waals surface area contributed by atoms with Crippen molar-refractivity contribution in [3.05, 3.63) is 51.7 Å². The normalized spacial score (nSPS) is 10.9. The summed E-state index contributed by atoms with van der Waals surface area (Å²) in [6, 6.07) is 11.8. The molecular weight excluding hydrogens is 310 g/mol. The average Bonchev–Trinajstić information content (AvgIpc) is 3.03. The van der Waals surface area contributed by atoms with Gasteiger partial charge in [0.1, 0.15) is 4.88 Å². The standard InChI is InChI=1S/C18H21NO3S/c1-3-22-18(21)17-11-10-16(23-17)9-6-14-4-7-15(8-5-14)19(2)12-13-20/h4-11,20H,3,12-13H2,1-2H3/b9-6+. The highest BCUT2D eigenvalue weighted by Gasteiger charge is 2.08. The van der Waals surface area contributed by atoms with Crippen molar-refractivity contribution in [2.45, 2.75) is 6.92 Å².